The number of rotatable bonds is 8. The third kappa shape index (κ3) is 4.99. The maximum absolute atomic E-state index is 6.35. The predicted octanol–water partition coefficient (Wildman–Crippen LogP) is 4.82. The average Bonchev–Trinajstić information content (AvgIpc) is 3.25. The Balaban J connectivity index is 1.33. The van der Waals surface area contributed by atoms with Gasteiger partial charge >= 0.3 is 0 Å². The molecule has 0 amide bonds. The molecule has 2 aromatic carbocycles. The molecule has 0 radical (unpaired) electrons. The third-order valence-electron chi connectivity index (χ3n) is 7.03. The molecule has 1 aliphatic rings. The van der Waals surface area contributed by atoms with Crippen molar-refractivity contribution in [3.05, 3.63) is 76.7 Å². The van der Waals surface area contributed by atoms with Crippen LogP contribution in [0.25, 0.3) is 10.9 Å². The number of halogens is 1. The Morgan fingerprint density at radius 2 is 1.67 bits per heavy atom. The molecule has 8 heteroatoms. The summed E-state index contributed by atoms with van der Waals surface area (Å²) in [6, 6.07) is 14.3. The molecular weight excluding hydrogens is 474 g/mol. The Morgan fingerprint density at radius 3 is 2.39 bits per heavy atom. The maximum Gasteiger partial charge on any atom is 0.162 e. The van der Waals surface area contributed by atoms with Gasteiger partial charge in [-0.25, -0.2) is 0 Å². The van der Waals surface area contributed by atoms with E-state index in [-0.39, 0.29) is 0 Å². The lowest BCUT2D eigenvalue weighted by molar-refractivity contribution is 0.260. The van der Waals surface area contributed by atoms with Gasteiger partial charge in [0.2, 0.25) is 0 Å². The van der Waals surface area contributed by atoms with Crippen molar-refractivity contribution in [2.45, 2.75) is 19.9 Å². The molecule has 2 aromatic heterocycles. The lowest BCUT2D eigenvalue weighted by Crippen LogP contribution is -2.47. The summed E-state index contributed by atoms with van der Waals surface area (Å²) in [5.41, 5.74) is 5.67. The highest BCUT2D eigenvalue weighted by Gasteiger charge is 2.21. The van der Waals surface area contributed by atoms with Crippen LogP contribution in [-0.2, 0) is 13.0 Å². The SMILES string of the molecule is COc1cc2c(CCN3CCN(c4cccc(Cl)c4C)CC3)nn(Cc3ccncc3)c2cc1OC. The molecule has 36 heavy (non-hydrogen) atoms. The van der Waals surface area contributed by atoms with Crippen molar-refractivity contribution in [2.75, 3.05) is 51.8 Å². The minimum atomic E-state index is 0.673. The number of benzene rings is 2. The van der Waals surface area contributed by atoms with E-state index in [1.165, 1.54) is 5.69 Å². The second-order valence-electron chi connectivity index (χ2n) is 9.15. The lowest BCUT2D eigenvalue weighted by atomic mass is 10.1. The van der Waals surface area contributed by atoms with Gasteiger partial charge in [-0.15, -0.1) is 0 Å². The minimum absolute atomic E-state index is 0.673. The lowest BCUT2D eigenvalue weighted by Gasteiger charge is -2.36. The highest BCUT2D eigenvalue weighted by Crippen LogP contribution is 2.34. The molecule has 7 nitrogen and oxygen atoms in total. The van der Waals surface area contributed by atoms with E-state index in [0.717, 1.165) is 77.6 Å². The number of piperazine rings is 1. The second-order valence-corrected chi connectivity index (χ2v) is 9.55. The molecule has 3 heterocycles. The number of hydrogen-bond donors (Lipinski definition) is 0. The van der Waals surface area contributed by atoms with E-state index in [9.17, 15) is 0 Å². The van der Waals surface area contributed by atoms with Crippen LogP contribution in [0.1, 0.15) is 16.8 Å². The number of aromatic nitrogens is 3. The molecule has 0 saturated carbocycles. The van der Waals surface area contributed by atoms with E-state index in [1.54, 1.807) is 14.2 Å². The molecular formula is C28H32ClN5O2. The fourth-order valence-corrected chi connectivity index (χ4v) is 5.12. The summed E-state index contributed by atoms with van der Waals surface area (Å²) in [6.07, 6.45) is 4.50. The van der Waals surface area contributed by atoms with E-state index in [1.807, 2.05) is 42.7 Å². The number of pyridine rings is 1. The van der Waals surface area contributed by atoms with Gasteiger partial charge in [0, 0.05) is 73.7 Å². The first-order valence-electron chi connectivity index (χ1n) is 12.3. The van der Waals surface area contributed by atoms with Crippen LogP contribution in [-0.4, -0.2) is 66.6 Å². The zero-order valence-electron chi connectivity index (χ0n) is 21.1. The van der Waals surface area contributed by atoms with Gasteiger partial charge < -0.3 is 14.4 Å². The zero-order chi connectivity index (χ0) is 25.1. The quantitative estimate of drug-likeness (QED) is 0.342. The van der Waals surface area contributed by atoms with Crippen molar-refractivity contribution in [1.82, 2.24) is 19.7 Å². The Bertz CT molecular complexity index is 1330. The highest BCUT2D eigenvalue weighted by atomic mass is 35.5. The van der Waals surface area contributed by atoms with Gasteiger partial charge in [-0.1, -0.05) is 17.7 Å². The molecule has 0 bridgehead atoms. The largest absolute Gasteiger partial charge is 0.493 e. The van der Waals surface area contributed by atoms with Gasteiger partial charge in [0.15, 0.2) is 11.5 Å². The van der Waals surface area contributed by atoms with E-state index in [0.29, 0.717) is 12.3 Å². The molecule has 0 atom stereocenters. The van der Waals surface area contributed by atoms with Crippen LogP contribution >= 0.6 is 11.6 Å². The summed E-state index contributed by atoms with van der Waals surface area (Å²) in [6.45, 7) is 7.73. The molecule has 0 unspecified atom stereocenters. The molecule has 1 aliphatic heterocycles. The van der Waals surface area contributed by atoms with Crippen molar-refractivity contribution in [1.29, 1.82) is 0 Å². The topological polar surface area (TPSA) is 55.7 Å². The van der Waals surface area contributed by atoms with E-state index < -0.39 is 0 Å². The number of methoxy groups -OCH3 is 2. The van der Waals surface area contributed by atoms with Crippen LogP contribution in [0.4, 0.5) is 5.69 Å². The van der Waals surface area contributed by atoms with E-state index in [2.05, 4.69) is 38.5 Å². The standard InChI is InChI=1S/C28H32ClN5O2/c1-20-23(29)5-4-6-25(20)33-15-13-32(14-16-33)12-9-24-22-17-27(35-2)28(36-3)18-26(22)34(31-24)19-21-7-10-30-11-8-21/h4-8,10-11,17-18H,9,12-16,19H2,1-3H3. The fraction of sp³-hybridized carbons (Fsp3) is 0.357. The van der Waals surface area contributed by atoms with Crippen LogP contribution in [0, 0.1) is 6.92 Å². The summed E-state index contributed by atoms with van der Waals surface area (Å²) < 4.78 is 13.2. The van der Waals surface area contributed by atoms with Crippen LogP contribution in [0.15, 0.2) is 54.9 Å². The van der Waals surface area contributed by atoms with Crippen molar-refractivity contribution >= 4 is 28.2 Å². The van der Waals surface area contributed by atoms with Crippen molar-refractivity contribution in [3.8, 4) is 11.5 Å². The number of anilines is 1. The Morgan fingerprint density at radius 1 is 0.944 bits per heavy atom. The molecule has 0 spiro atoms. The minimum Gasteiger partial charge on any atom is -0.493 e. The maximum atomic E-state index is 6.35. The van der Waals surface area contributed by atoms with Crippen LogP contribution < -0.4 is 14.4 Å². The van der Waals surface area contributed by atoms with Crippen molar-refractivity contribution in [2.24, 2.45) is 0 Å². The van der Waals surface area contributed by atoms with Crippen LogP contribution in [0.3, 0.4) is 0 Å². The average molecular weight is 506 g/mol. The molecule has 1 fully saturated rings. The highest BCUT2D eigenvalue weighted by molar-refractivity contribution is 6.31. The van der Waals surface area contributed by atoms with Crippen molar-refractivity contribution < 1.29 is 9.47 Å². The van der Waals surface area contributed by atoms with Gasteiger partial charge in [0.05, 0.1) is 32.0 Å². The van der Waals surface area contributed by atoms with Crippen LogP contribution in [0.5, 0.6) is 11.5 Å². The normalized spacial score (nSPS) is 14.4. The fourth-order valence-electron chi connectivity index (χ4n) is 4.95. The second kappa shape index (κ2) is 10.8. The van der Waals surface area contributed by atoms with Gasteiger partial charge in [0.25, 0.3) is 0 Å². The molecule has 1 saturated heterocycles. The van der Waals surface area contributed by atoms with Crippen LogP contribution in [0.2, 0.25) is 5.02 Å². The van der Waals surface area contributed by atoms with Gasteiger partial charge in [0.1, 0.15) is 0 Å². The van der Waals surface area contributed by atoms with E-state index in [4.69, 9.17) is 26.2 Å². The number of nitrogens with zero attached hydrogens (tertiary/aromatic N) is 5. The Labute approximate surface area is 217 Å². The van der Waals surface area contributed by atoms with Gasteiger partial charge in [-0.05, 0) is 48.4 Å². The number of ether oxygens (including phenoxy) is 2. The molecule has 4 aromatic rings. The first-order chi connectivity index (χ1) is 17.6. The summed E-state index contributed by atoms with van der Waals surface area (Å²) in [5, 5.41) is 6.97. The number of hydrogen-bond acceptors (Lipinski definition) is 6. The van der Waals surface area contributed by atoms with Crippen molar-refractivity contribution in [3.63, 3.8) is 0 Å². The van der Waals surface area contributed by atoms with Gasteiger partial charge in [-0.3, -0.25) is 14.6 Å². The number of fused-ring (bicyclic) bond motifs is 1. The summed E-state index contributed by atoms with van der Waals surface area (Å²) >= 11 is 6.35. The first kappa shape index (κ1) is 24.4. The predicted molar refractivity (Wildman–Crippen MR) is 145 cm³/mol. The van der Waals surface area contributed by atoms with E-state index >= 15 is 0 Å². The zero-order valence-corrected chi connectivity index (χ0v) is 21.8. The van der Waals surface area contributed by atoms with Gasteiger partial charge in [-0.2, -0.15) is 5.10 Å². The molecule has 0 aliphatic carbocycles. The summed E-state index contributed by atoms with van der Waals surface area (Å²) in [7, 11) is 3.34. The monoisotopic (exact) mass is 505 g/mol. The third-order valence-corrected chi connectivity index (χ3v) is 7.44. The molecule has 5 rings (SSSR count). The summed E-state index contributed by atoms with van der Waals surface area (Å²) in [5.74, 6) is 1.43. The molecule has 0 N–H and O–H groups in total. The Hall–Kier alpha value is -3.29. The summed E-state index contributed by atoms with van der Waals surface area (Å²) in [4.78, 5) is 9.09. The Kier molecular flexibility index (Phi) is 7.30. The molecule has 188 valence electrons. The first-order valence-corrected chi connectivity index (χ1v) is 12.7. The smallest absolute Gasteiger partial charge is 0.162 e.